The topological polar surface area (TPSA) is 92.5 Å². The fourth-order valence-electron chi connectivity index (χ4n) is 2.77. The number of carbonyl (C=O) groups excluding carboxylic acids is 3. The van der Waals surface area contributed by atoms with Crippen molar-refractivity contribution >= 4 is 23.4 Å². The Kier molecular flexibility index (Phi) is 5.86. The maximum atomic E-state index is 12.9. The second-order valence-electron chi connectivity index (χ2n) is 6.77. The zero-order valence-electron chi connectivity index (χ0n) is 15.1. The van der Waals surface area contributed by atoms with Crippen LogP contribution in [0.5, 0.6) is 0 Å². The zero-order chi connectivity index (χ0) is 19.2. The van der Waals surface area contributed by atoms with E-state index in [2.05, 4.69) is 5.32 Å². The number of nitrogens with zero attached hydrogens (tertiary/aromatic N) is 1. The Morgan fingerprint density at radius 2 is 1.67 bits per heavy atom. The number of hydrogen-bond donors (Lipinski definition) is 2. The number of primary amides is 1. The molecule has 140 valence electrons. The lowest BCUT2D eigenvalue weighted by atomic mass is 10.1. The maximum Gasteiger partial charge on any atom is 0.254 e. The molecule has 6 heteroatoms. The van der Waals surface area contributed by atoms with Crippen molar-refractivity contribution < 1.29 is 14.4 Å². The number of hydrogen-bond acceptors (Lipinski definition) is 3. The smallest absolute Gasteiger partial charge is 0.254 e. The third-order valence-electron chi connectivity index (χ3n) is 4.48. The molecule has 3 N–H and O–H groups in total. The van der Waals surface area contributed by atoms with Gasteiger partial charge in [0, 0.05) is 36.7 Å². The van der Waals surface area contributed by atoms with Gasteiger partial charge in [0.25, 0.3) is 5.91 Å². The van der Waals surface area contributed by atoms with Crippen LogP contribution in [-0.2, 0) is 16.1 Å². The summed E-state index contributed by atoms with van der Waals surface area (Å²) in [5.41, 5.74) is 7.40. The van der Waals surface area contributed by atoms with Crippen molar-refractivity contribution in [1.29, 1.82) is 0 Å². The van der Waals surface area contributed by atoms with Gasteiger partial charge in [-0.1, -0.05) is 30.3 Å². The van der Waals surface area contributed by atoms with Gasteiger partial charge < -0.3 is 16.0 Å². The first kappa shape index (κ1) is 18.6. The Hall–Kier alpha value is -3.15. The van der Waals surface area contributed by atoms with Crippen LogP contribution in [0, 0.1) is 5.92 Å². The van der Waals surface area contributed by atoms with Gasteiger partial charge in [0.05, 0.1) is 0 Å². The molecule has 0 saturated heterocycles. The van der Waals surface area contributed by atoms with Gasteiger partial charge in [0.2, 0.25) is 11.8 Å². The quantitative estimate of drug-likeness (QED) is 0.753. The SMILES string of the molecule is NC(=O)CCN(Cc1ccccc1)C(=O)c1ccc(NC(=O)C2CC2)cc1. The highest BCUT2D eigenvalue weighted by Gasteiger charge is 2.29. The van der Waals surface area contributed by atoms with E-state index in [-0.39, 0.29) is 30.7 Å². The van der Waals surface area contributed by atoms with Gasteiger partial charge in [-0.15, -0.1) is 0 Å². The fraction of sp³-hybridized carbons (Fsp3) is 0.286. The van der Waals surface area contributed by atoms with Crippen molar-refractivity contribution in [1.82, 2.24) is 4.90 Å². The lowest BCUT2D eigenvalue weighted by Gasteiger charge is -2.22. The molecule has 0 radical (unpaired) electrons. The first-order valence-electron chi connectivity index (χ1n) is 9.05. The number of nitrogens with two attached hydrogens (primary N) is 1. The van der Waals surface area contributed by atoms with E-state index in [1.54, 1.807) is 29.2 Å². The van der Waals surface area contributed by atoms with Gasteiger partial charge in [0.1, 0.15) is 0 Å². The predicted molar refractivity (Wildman–Crippen MR) is 103 cm³/mol. The molecule has 1 aliphatic rings. The van der Waals surface area contributed by atoms with E-state index in [9.17, 15) is 14.4 Å². The summed E-state index contributed by atoms with van der Waals surface area (Å²) in [6, 6.07) is 16.4. The van der Waals surface area contributed by atoms with Gasteiger partial charge in [-0.2, -0.15) is 0 Å². The summed E-state index contributed by atoms with van der Waals surface area (Å²) in [5.74, 6) is -0.470. The molecule has 2 aromatic rings. The highest BCUT2D eigenvalue weighted by atomic mass is 16.2. The van der Waals surface area contributed by atoms with Crippen molar-refractivity contribution in [2.24, 2.45) is 11.7 Å². The van der Waals surface area contributed by atoms with Crippen LogP contribution in [0.3, 0.4) is 0 Å². The van der Waals surface area contributed by atoms with Gasteiger partial charge in [0.15, 0.2) is 0 Å². The Bertz CT molecular complexity index is 814. The summed E-state index contributed by atoms with van der Waals surface area (Å²) in [6.07, 6.45) is 1.99. The van der Waals surface area contributed by atoms with E-state index in [4.69, 9.17) is 5.73 Å². The van der Waals surface area contributed by atoms with E-state index >= 15 is 0 Å². The minimum Gasteiger partial charge on any atom is -0.370 e. The normalized spacial score (nSPS) is 13.0. The second kappa shape index (κ2) is 8.49. The Morgan fingerprint density at radius 3 is 2.26 bits per heavy atom. The lowest BCUT2D eigenvalue weighted by Crippen LogP contribution is -2.33. The van der Waals surface area contributed by atoms with E-state index in [0.29, 0.717) is 17.8 Å². The Labute approximate surface area is 158 Å². The number of carbonyl (C=O) groups is 3. The van der Waals surface area contributed by atoms with Crippen molar-refractivity contribution in [2.75, 3.05) is 11.9 Å². The molecule has 2 aromatic carbocycles. The molecule has 3 amide bonds. The van der Waals surface area contributed by atoms with E-state index in [1.165, 1.54) is 0 Å². The molecule has 0 aromatic heterocycles. The lowest BCUT2D eigenvalue weighted by molar-refractivity contribution is -0.118. The number of benzene rings is 2. The predicted octanol–water partition coefficient (Wildman–Crippen LogP) is 2.55. The van der Waals surface area contributed by atoms with Crippen molar-refractivity contribution in [3.8, 4) is 0 Å². The summed E-state index contributed by atoms with van der Waals surface area (Å²) in [4.78, 5) is 37.5. The third kappa shape index (κ3) is 5.41. The third-order valence-corrected chi connectivity index (χ3v) is 4.48. The first-order chi connectivity index (χ1) is 13.0. The van der Waals surface area contributed by atoms with Gasteiger partial charge in [-0.05, 0) is 42.7 Å². The van der Waals surface area contributed by atoms with Crippen LogP contribution in [0.15, 0.2) is 54.6 Å². The Morgan fingerprint density at radius 1 is 1.00 bits per heavy atom. The molecule has 0 unspecified atom stereocenters. The minimum atomic E-state index is -0.445. The van der Waals surface area contributed by atoms with Gasteiger partial charge in [-0.3, -0.25) is 14.4 Å². The summed E-state index contributed by atoms with van der Waals surface area (Å²) in [5, 5.41) is 2.85. The van der Waals surface area contributed by atoms with Crippen LogP contribution in [0.4, 0.5) is 5.69 Å². The van der Waals surface area contributed by atoms with Gasteiger partial charge in [-0.25, -0.2) is 0 Å². The molecule has 0 heterocycles. The van der Waals surface area contributed by atoms with Crippen LogP contribution in [0.2, 0.25) is 0 Å². The molecule has 0 aliphatic heterocycles. The number of nitrogens with one attached hydrogen (secondary N) is 1. The van der Waals surface area contributed by atoms with Crippen LogP contribution in [0.25, 0.3) is 0 Å². The van der Waals surface area contributed by atoms with Crippen molar-refractivity contribution in [3.63, 3.8) is 0 Å². The molecular weight excluding hydrogens is 342 g/mol. The molecule has 0 bridgehead atoms. The van der Waals surface area contributed by atoms with Crippen LogP contribution >= 0.6 is 0 Å². The highest BCUT2D eigenvalue weighted by molar-refractivity contribution is 5.97. The summed E-state index contributed by atoms with van der Waals surface area (Å²) >= 11 is 0. The molecule has 6 nitrogen and oxygen atoms in total. The first-order valence-corrected chi connectivity index (χ1v) is 9.05. The van der Waals surface area contributed by atoms with Crippen molar-refractivity contribution in [2.45, 2.75) is 25.8 Å². The fourth-order valence-corrected chi connectivity index (χ4v) is 2.77. The second-order valence-corrected chi connectivity index (χ2v) is 6.77. The summed E-state index contributed by atoms with van der Waals surface area (Å²) in [6.45, 7) is 0.649. The molecule has 0 atom stereocenters. The monoisotopic (exact) mass is 365 g/mol. The molecule has 27 heavy (non-hydrogen) atoms. The Balaban J connectivity index is 1.69. The molecule has 1 aliphatic carbocycles. The summed E-state index contributed by atoms with van der Waals surface area (Å²) in [7, 11) is 0. The molecule has 3 rings (SSSR count). The average molecular weight is 365 g/mol. The molecule has 0 spiro atoms. The highest BCUT2D eigenvalue weighted by Crippen LogP contribution is 2.30. The number of anilines is 1. The number of rotatable bonds is 8. The van der Waals surface area contributed by atoms with E-state index in [0.717, 1.165) is 18.4 Å². The standard InChI is InChI=1S/C21H23N3O3/c22-19(25)12-13-24(14-15-4-2-1-3-5-15)21(27)17-8-10-18(11-9-17)23-20(26)16-6-7-16/h1-5,8-11,16H,6-7,12-14H2,(H2,22,25)(H,23,26). The van der Waals surface area contributed by atoms with E-state index < -0.39 is 5.91 Å². The van der Waals surface area contributed by atoms with E-state index in [1.807, 2.05) is 30.3 Å². The minimum absolute atomic E-state index is 0.0289. The van der Waals surface area contributed by atoms with Gasteiger partial charge >= 0.3 is 0 Å². The zero-order valence-corrected chi connectivity index (χ0v) is 15.1. The van der Waals surface area contributed by atoms with Crippen LogP contribution in [-0.4, -0.2) is 29.2 Å². The maximum absolute atomic E-state index is 12.9. The largest absolute Gasteiger partial charge is 0.370 e. The molecule has 1 fully saturated rings. The van der Waals surface area contributed by atoms with Crippen LogP contribution < -0.4 is 11.1 Å². The molecular formula is C21H23N3O3. The van der Waals surface area contributed by atoms with Crippen molar-refractivity contribution in [3.05, 3.63) is 65.7 Å². The molecule has 1 saturated carbocycles. The number of amides is 3. The summed E-state index contributed by atoms with van der Waals surface area (Å²) < 4.78 is 0. The average Bonchev–Trinajstić information content (AvgIpc) is 3.51. The van der Waals surface area contributed by atoms with Crippen LogP contribution in [0.1, 0.15) is 35.2 Å².